The van der Waals surface area contributed by atoms with Gasteiger partial charge in [-0.1, -0.05) is 6.92 Å². The van der Waals surface area contributed by atoms with Crippen molar-refractivity contribution in [2.45, 2.75) is 26.3 Å². The molecule has 0 radical (unpaired) electrons. The Kier molecular flexibility index (Phi) is 5.01. The fourth-order valence-electron chi connectivity index (χ4n) is 1.97. The third-order valence-corrected chi connectivity index (χ3v) is 2.99. The second kappa shape index (κ2) is 6.96. The van der Waals surface area contributed by atoms with Crippen LogP contribution < -0.4 is 10.1 Å². The minimum Gasteiger partial charge on any atom is -0.495 e. The summed E-state index contributed by atoms with van der Waals surface area (Å²) in [5.74, 6) is 0.753. The number of nitrogens with zero attached hydrogens (tertiary/aromatic N) is 3. The van der Waals surface area contributed by atoms with Crippen molar-refractivity contribution < 1.29 is 4.74 Å². The maximum Gasteiger partial charge on any atom is 0.142 e. The van der Waals surface area contributed by atoms with E-state index in [0.717, 1.165) is 35.8 Å². The molecule has 1 atom stereocenters. The molecule has 0 spiro atoms. The van der Waals surface area contributed by atoms with Gasteiger partial charge in [-0.15, -0.1) is 0 Å². The molecule has 5 nitrogen and oxygen atoms in total. The summed E-state index contributed by atoms with van der Waals surface area (Å²) in [5.41, 5.74) is 2.58. The Labute approximate surface area is 119 Å². The van der Waals surface area contributed by atoms with Gasteiger partial charge in [0, 0.05) is 12.4 Å². The van der Waals surface area contributed by atoms with E-state index in [4.69, 9.17) is 4.74 Å². The number of nitrogens with one attached hydrogen (secondary N) is 1. The Balaban J connectivity index is 2.38. The van der Waals surface area contributed by atoms with E-state index in [2.05, 4.69) is 27.2 Å². The quantitative estimate of drug-likeness (QED) is 0.874. The zero-order valence-corrected chi connectivity index (χ0v) is 12.1. The molecule has 1 N–H and O–H groups in total. The first kappa shape index (κ1) is 14.4. The van der Waals surface area contributed by atoms with E-state index in [1.54, 1.807) is 25.7 Å². The van der Waals surface area contributed by atoms with Gasteiger partial charge < -0.3 is 10.1 Å². The summed E-state index contributed by atoms with van der Waals surface area (Å²) in [4.78, 5) is 13.2. The van der Waals surface area contributed by atoms with E-state index in [0.29, 0.717) is 0 Å². The van der Waals surface area contributed by atoms with Gasteiger partial charge in [0.1, 0.15) is 11.4 Å². The van der Waals surface area contributed by atoms with Crippen molar-refractivity contribution >= 4 is 0 Å². The highest BCUT2D eigenvalue weighted by molar-refractivity contribution is 5.34. The fraction of sp³-hybridized carbons (Fsp3) is 0.400. The Morgan fingerprint density at radius 3 is 2.75 bits per heavy atom. The van der Waals surface area contributed by atoms with E-state index in [-0.39, 0.29) is 6.04 Å². The number of pyridine rings is 1. The second-order valence-electron chi connectivity index (χ2n) is 4.56. The predicted molar refractivity (Wildman–Crippen MR) is 77.7 cm³/mol. The molecule has 5 heteroatoms. The third-order valence-electron chi connectivity index (χ3n) is 2.99. The molecule has 20 heavy (non-hydrogen) atoms. The average molecular weight is 272 g/mol. The number of hydrogen-bond acceptors (Lipinski definition) is 5. The molecule has 0 saturated carbocycles. The minimum absolute atomic E-state index is 0.112. The predicted octanol–water partition coefficient (Wildman–Crippen LogP) is 2.28. The van der Waals surface area contributed by atoms with E-state index in [1.807, 2.05) is 19.1 Å². The molecule has 2 aromatic heterocycles. The zero-order valence-electron chi connectivity index (χ0n) is 12.1. The standard InChI is InChI=1S/C15H20N4O/c1-4-7-16-14(12-10-18-11(2)9-19-12)15-13(20-3)6-5-8-17-15/h5-6,8-10,14,16H,4,7H2,1-3H3. The Hall–Kier alpha value is -2.01. The lowest BCUT2D eigenvalue weighted by Gasteiger charge is -2.19. The summed E-state index contributed by atoms with van der Waals surface area (Å²) in [5, 5.41) is 3.45. The molecule has 0 fully saturated rings. The molecular weight excluding hydrogens is 252 g/mol. The van der Waals surface area contributed by atoms with Crippen LogP contribution in [0.5, 0.6) is 5.75 Å². The highest BCUT2D eigenvalue weighted by Crippen LogP contribution is 2.26. The van der Waals surface area contributed by atoms with Crippen LogP contribution in [0.15, 0.2) is 30.7 Å². The zero-order chi connectivity index (χ0) is 14.4. The second-order valence-corrected chi connectivity index (χ2v) is 4.56. The van der Waals surface area contributed by atoms with E-state index >= 15 is 0 Å². The summed E-state index contributed by atoms with van der Waals surface area (Å²) in [6, 6.07) is 3.66. The van der Waals surface area contributed by atoms with Crippen LogP contribution in [-0.4, -0.2) is 28.6 Å². The maximum atomic E-state index is 5.40. The lowest BCUT2D eigenvalue weighted by molar-refractivity contribution is 0.399. The van der Waals surface area contributed by atoms with Crippen molar-refractivity contribution in [2.24, 2.45) is 0 Å². The van der Waals surface area contributed by atoms with Crippen LogP contribution in [0.2, 0.25) is 0 Å². The number of aromatic nitrogens is 3. The first-order valence-corrected chi connectivity index (χ1v) is 6.77. The maximum absolute atomic E-state index is 5.40. The molecule has 0 bridgehead atoms. The first-order chi connectivity index (χ1) is 9.76. The van der Waals surface area contributed by atoms with Crippen molar-refractivity contribution in [3.8, 4) is 5.75 Å². The van der Waals surface area contributed by atoms with Crippen molar-refractivity contribution in [2.75, 3.05) is 13.7 Å². The Morgan fingerprint density at radius 1 is 1.25 bits per heavy atom. The third kappa shape index (κ3) is 3.30. The highest BCUT2D eigenvalue weighted by atomic mass is 16.5. The number of hydrogen-bond donors (Lipinski definition) is 1. The van der Waals surface area contributed by atoms with Gasteiger partial charge in [-0.3, -0.25) is 15.0 Å². The average Bonchev–Trinajstić information content (AvgIpc) is 2.50. The highest BCUT2D eigenvalue weighted by Gasteiger charge is 2.20. The van der Waals surface area contributed by atoms with E-state index < -0.39 is 0 Å². The number of methoxy groups -OCH3 is 1. The molecule has 0 aliphatic rings. The van der Waals surface area contributed by atoms with Gasteiger partial charge in [-0.25, -0.2) is 0 Å². The van der Waals surface area contributed by atoms with Gasteiger partial charge in [-0.05, 0) is 32.0 Å². The van der Waals surface area contributed by atoms with E-state index in [1.165, 1.54) is 0 Å². The number of ether oxygens (including phenoxy) is 1. The molecule has 0 amide bonds. The van der Waals surface area contributed by atoms with Crippen LogP contribution in [0.1, 0.15) is 36.5 Å². The smallest absolute Gasteiger partial charge is 0.142 e. The van der Waals surface area contributed by atoms with Crippen LogP contribution in [0.25, 0.3) is 0 Å². The van der Waals surface area contributed by atoms with Crippen LogP contribution in [-0.2, 0) is 0 Å². The summed E-state index contributed by atoms with van der Waals surface area (Å²) in [6.07, 6.45) is 6.35. The van der Waals surface area contributed by atoms with Gasteiger partial charge in [0.15, 0.2) is 0 Å². The summed E-state index contributed by atoms with van der Waals surface area (Å²) >= 11 is 0. The molecule has 106 valence electrons. The summed E-state index contributed by atoms with van der Waals surface area (Å²) in [6.45, 7) is 4.92. The molecular formula is C15H20N4O. The molecule has 0 aliphatic heterocycles. The monoisotopic (exact) mass is 272 g/mol. The largest absolute Gasteiger partial charge is 0.495 e. The Morgan fingerprint density at radius 2 is 2.10 bits per heavy atom. The van der Waals surface area contributed by atoms with Crippen molar-refractivity contribution in [3.63, 3.8) is 0 Å². The normalized spacial score (nSPS) is 12.2. The van der Waals surface area contributed by atoms with Gasteiger partial charge in [-0.2, -0.15) is 0 Å². The molecule has 0 aliphatic carbocycles. The molecule has 2 rings (SSSR count). The van der Waals surface area contributed by atoms with Crippen LogP contribution >= 0.6 is 0 Å². The Bertz CT molecular complexity index is 542. The molecule has 2 heterocycles. The van der Waals surface area contributed by atoms with Crippen molar-refractivity contribution in [1.29, 1.82) is 0 Å². The lowest BCUT2D eigenvalue weighted by atomic mass is 10.1. The molecule has 2 aromatic rings. The molecule has 0 aromatic carbocycles. The van der Waals surface area contributed by atoms with Gasteiger partial charge in [0.2, 0.25) is 0 Å². The summed E-state index contributed by atoms with van der Waals surface area (Å²) in [7, 11) is 1.65. The first-order valence-electron chi connectivity index (χ1n) is 6.77. The number of rotatable bonds is 6. The van der Waals surface area contributed by atoms with Crippen LogP contribution in [0.4, 0.5) is 0 Å². The molecule has 1 unspecified atom stereocenters. The van der Waals surface area contributed by atoms with Crippen LogP contribution in [0.3, 0.4) is 0 Å². The molecule has 0 saturated heterocycles. The van der Waals surface area contributed by atoms with Gasteiger partial charge in [0.05, 0.1) is 30.7 Å². The number of aryl methyl sites for hydroxylation is 1. The van der Waals surface area contributed by atoms with E-state index in [9.17, 15) is 0 Å². The summed E-state index contributed by atoms with van der Waals surface area (Å²) < 4.78 is 5.40. The topological polar surface area (TPSA) is 59.9 Å². The van der Waals surface area contributed by atoms with Gasteiger partial charge >= 0.3 is 0 Å². The van der Waals surface area contributed by atoms with Crippen LogP contribution in [0, 0.1) is 6.92 Å². The fourth-order valence-corrected chi connectivity index (χ4v) is 1.97. The van der Waals surface area contributed by atoms with Crippen molar-refractivity contribution in [1.82, 2.24) is 20.3 Å². The van der Waals surface area contributed by atoms with Gasteiger partial charge in [0.25, 0.3) is 0 Å². The van der Waals surface area contributed by atoms with Crippen molar-refractivity contribution in [3.05, 3.63) is 47.8 Å². The minimum atomic E-state index is -0.112. The SMILES string of the molecule is CCCNC(c1cnc(C)cn1)c1ncccc1OC. The lowest BCUT2D eigenvalue weighted by Crippen LogP contribution is -2.25.